The first-order valence-corrected chi connectivity index (χ1v) is 7.14. The second kappa shape index (κ2) is 6.22. The Balaban J connectivity index is 2.40. The van der Waals surface area contributed by atoms with E-state index in [9.17, 15) is 4.79 Å². The quantitative estimate of drug-likeness (QED) is 0.898. The number of carbonyl (C=O) groups excluding carboxylic acids is 1. The fraction of sp³-hybridized carbons (Fsp3) is 0.600. The second-order valence-electron chi connectivity index (χ2n) is 5.41. The lowest BCUT2D eigenvalue weighted by Gasteiger charge is -2.13. The van der Waals surface area contributed by atoms with Gasteiger partial charge in [-0.2, -0.15) is 5.10 Å². The van der Waals surface area contributed by atoms with Crippen LogP contribution in [0.25, 0.3) is 6.08 Å². The minimum atomic E-state index is -0.464. The Hall–Kier alpha value is -1.62. The van der Waals surface area contributed by atoms with E-state index in [4.69, 9.17) is 10.5 Å². The zero-order valence-corrected chi connectivity index (χ0v) is 12.4. The molecule has 5 heteroatoms. The number of ether oxygens (including phenoxy) is 1. The second-order valence-corrected chi connectivity index (χ2v) is 5.41. The average Bonchev–Trinajstić information content (AvgIpc) is 3.03. The standard InChI is InChI=1S/C15H23N3O2/c1-10(20-3)8-9-13-11(2)14(15(16)19)17-18(13)12-6-4-5-7-12/h8-10,12H,4-7H2,1-3H3,(H2,16,19)/b9-8-. The highest BCUT2D eigenvalue weighted by atomic mass is 16.5. The molecule has 1 aromatic heterocycles. The van der Waals surface area contributed by atoms with Crippen LogP contribution in [0.1, 0.15) is 60.4 Å². The van der Waals surface area contributed by atoms with Gasteiger partial charge in [-0.3, -0.25) is 9.48 Å². The first-order chi connectivity index (χ1) is 9.54. The van der Waals surface area contributed by atoms with Gasteiger partial charge in [-0.25, -0.2) is 0 Å². The number of nitrogens with two attached hydrogens (primary N) is 1. The van der Waals surface area contributed by atoms with Gasteiger partial charge < -0.3 is 10.5 Å². The van der Waals surface area contributed by atoms with E-state index in [1.165, 1.54) is 12.8 Å². The maximum atomic E-state index is 11.5. The van der Waals surface area contributed by atoms with Gasteiger partial charge in [0.2, 0.25) is 0 Å². The third-order valence-electron chi connectivity index (χ3n) is 3.99. The molecule has 2 rings (SSSR count). The predicted octanol–water partition coefficient (Wildman–Crippen LogP) is 2.45. The minimum Gasteiger partial charge on any atom is -0.378 e. The fourth-order valence-electron chi connectivity index (χ4n) is 2.70. The van der Waals surface area contributed by atoms with Crippen molar-refractivity contribution in [3.63, 3.8) is 0 Å². The lowest BCUT2D eigenvalue weighted by atomic mass is 10.1. The molecule has 1 aromatic rings. The highest BCUT2D eigenvalue weighted by Crippen LogP contribution is 2.32. The summed E-state index contributed by atoms with van der Waals surface area (Å²) in [5, 5.41) is 4.45. The van der Waals surface area contributed by atoms with Gasteiger partial charge in [-0.15, -0.1) is 0 Å². The Bertz CT molecular complexity index is 513. The van der Waals surface area contributed by atoms with Crippen LogP contribution >= 0.6 is 0 Å². The van der Waals surface area contributed by atoms with Crippen molar-refractivity contribution in [2.45, 2.75) is 51.7 Å². The van der Waals surface area contributed by atoms with Crippen molar-refractivity contribution in [2.75, 3.05) is 7.11 Å². The molecule has 1 saturated carbocycles. The van der Waals surface area contributed by atoms with Gasteiger partial charge in [0, 0.05) is 12.7 Å². The van der Waals surface area contributed by atoms with Crippen molar-refractivity contribution in [3.8, 4) is 0 Å². The van der Waals surface area contributed by atoms with E-state index in [0.29, 0.717) is 11.7 Å². The molecule has 0 saturated heterocycles. The fourth-order valence-corrected chi connectivity index (χ4v) is 2.70. The van der Waals surface area contributed by atoms with Crippen LogP contribution in [0.5, 0.6) is 0 Å². The van der Waals surface area contributed by atoms with Crippen LogP contribution in [0.2, 0.25) is 0 Å². The summed E-state index contributed by atoms with van der Waals surface area (Å²) in [6.07, 6.45) is 8.64. The van der Waals surface area contributed by atoms with Crippen LogP contribution in [-0.4, -0.2) is 28.9 Å². The van der Waals surface area contributed by atoms with E-state index in [-0.39, 0.29) is 6.10 Å². The van der Waals surface area contributed by atoms with E-state index in [0.717, 1.165) is 24.1 Å². The summed E-state index contributed by atoms with van der Waals surface area (Å²) in [6.45, 7) is 3.87. The number of primary amides is 1. The molecule has 0 bridgehead atoms. The molecule has 1 heterocycles. The summed E-state index contributed by atoms with van der Waals surface area (Å²) in [6, 6.07) is 0.374. The number of methoxy groups -OCH3 is 1. The van der Waals surface area contributed by atoms with Crippen LogP contribution < -0.4 is 5.73 Å². The third-order valence-corrected chi connectivity index (χ3v) is 3.99. The Morgan fingerprint density at radius 2 is 2.15 bits per heavy atom. The lowest BCUT2D eigenvalue weighted by molar-refractivity contribution is 0.0994. The molecule has 1 fully saturated rings. The number of carbonyl (C=O) groups is 1. The van der Waals surface area contributed by atoms with E-state index in [1.54, 1.807) is 7.11 Å². The molecule has 1 amide bonds. The van der Waals surface area contributed by atoms with Gasteiger partial charge in [-0.05, 0) is 32.8 Å². The van der Waals surface area contributed by atoms with Crippen LogP contribution in [0.3, 0.4) is 0 Å². The van der Waals surface area contributed by atoms with Crippen LogP contribution in [0.15, 0.2) is 6.08 Å². The molecular formula is C15H23N3O2. The summed E-state index contributed by atoms with van der Waals surface area (Å²) >= 11 is 0. The van der Waals surface area contributed by atoms with Crippen molar-refractivity contribution in [2.24, 2.45) is 5.73 Å². The SMILES string of the molecule is COC(C)/C=C\c1c(C)c(C(N)=O)nn1C1CCCC1. The summed E-state index contributed by atoms with van der Waals surface area (Å²) in [7, 11) is 1.67. The van der Waals surface area contributed by atoms with E-state index >= 15 is 0 Å². The number of rotatable bonds is 5. The largest absolute Gasteiger partial charge is 0.378 e. The Kier molecular flexibility index (Phi) is 4.60. The molecule has 1 atom stereocenters. The maximum absolute atomic E-state index is 11.5. The Labute approximate surface area is 119 Å². The Morgan fingerprint density at radius 3 is 2.70 bits per heavy atom. The first-order valence-electron chi connectivity index (χ1n) is 7.14. The van der Waals surface area contributed by atoms with Crippen molar-refractivity contribution in [1.29, 1.82) is 0 Å². The summed E-state index contributed by atoms with van der Waals surface area (Å²) in [5.74, 6) is -0.464. The summed E-state index contributed by atoms with van der Waals surface area (Å²) in [4.78, 5) is 11.5. The molecule has 0 radical (unpaired) electrons. The highest BCUT2D eigenvalue weighted by molar-refractivity contribution is 5.93. The molecule has 1 unspecified atom stereocenters. The maximum Gasteiger partial charge on any atom is 0.269 e. The zero-order chi connectivity index (χ0) is 14.7. The topological polar surface area (TPSA) is 70.1 Å². The van der Waals surface area contributed by atoms with Gasteiger partial charge in [0.05, 0.1) is 17.8 Å². The number of hydrogen-bond acceptors (Lipinski definition) is 3. The van der Waals surface area contributed by atoms with Crippen molar-refractivity contribution in [1.82, 2.24) is 9.78 Å². The van der Waals surface area contributed by atoms with Crippen LogP contribution in [0, 0.1) is 6.92 Å². The monoisotopic (exact) mass is 277 g/mol. The predicted molar refractivity (Wildman–Crippen MR) is 78.5 cm³/mol. The number of hydrogen-bond donors (Lipinski definition) is 1. The molecule has 20 heavy (non-hydrogen) atoms. The van der Waals surface area contributed by atoms with Crippen molar-refractivity contribution >= 4 is 12.0 Å². The van der Waals surface area contributed by atoms with Crippen LogP contribution in [-0.2, 0) is 4.74 Å². The lowest BCUT2D eigenvalue weighted by Crippen LogP contribution is -2.14. The normalized spacial score (nSPS) is 17.9. The first kappa shape index (κ1) is 14.8. The highest BCUT2D eigenvalue weighted by Gasteiger charge is 2.24. The van der Waals surface area contributed by atoms with Crippen molar-refractivity contribution < 1.29 is 9.53 Å². The third kappa shape index (κ3) is 2.93. The van der Waals surface area contributed by atoms with E-state index < -0.39 is 5.91 Å². The van der Waals surface area contributed by atoms with E-state index in [1.807, 2.05) is 30.7 Å². The summed E-state index contributed by atoms with van der Waals surface area (Å²) in [5.41, 5.74) is 7.61. The zero-order valence-electron chi connectivity index (χ0n) is 12.4. The van der Waals surface area contributed by atoms with Gasteiger partial charge in [-0.1, -0.05) is 18.9 Å². The van der Waals surface area contributed by atoms with Crippen LogP contribution in [0.4, 0.5) is 0 Å². The van der Waals surface area contributed by atoms with E-state index in [2.05, 4.69) is 5.10 Å². The minimum absolute atomic E-state index is 0.0263. The van der Waals surface area contributed by atoms with Gasteiger partial charge >= 0.3 is 0 Å². The molecular weight excluding hydrogens is 254 g/mol. The van der Waals surface area contributed by atoms with Gasteiger partial charge in [0.15, 0.2) is 5.69 Å². The van der Waals surface area contributed by atoms with Crippen molar-refractivity contribution in [3.05, 3.63) is 23.0 Å². The van der Waals surface area contributed by atoms with Gasteiger partial charge in [0.1, 0.15) is 0 Å². The number of aromatic nitrogens is 2. The molecule has 110 valence electrons. The molecule has 0 aromatic carbocycles. The number of nitrogens with zero attached hydrogens (tertiary/aromatic N) is 2. The molecule has 1 aliphatic carbocycles. The molecule has 1 aliphatic rings. The molecule has 5 nitrogen and oxygen atoms in total. The average molecular weight is 277 g/mol. The smallest absolute Gasteiger partial charge is 0.269 e. The molecule has 0 aliphatic heterocycles. The molecule has 2 N–H and O–H groups in total. The number of amides is 1. The van der Waals surface area contributed by atoms with Gasteiger partial charge in [0.25, 0.3) is 5.91 Å². The Morgan fingerprint density at radius 1 is 1.50 bits per heavy atom. The summed E-state index contributed by atoms with van der Waals surface area (Å²) < 4.78 is 7.20. The molecule has 0 spiro atoms.